The van der Waals surface area contributed by atoms with Crippen molar-refractivity contribution in [3.63, 3.8) is 0 Å². The summed E-state index contributed by atoms with van der Waals surface area (Å²) >= 11 is 6.26. The normalized spacial score (nSPS) is 12.0. The van der Waals surface area contributed by atoms with E-state index in [2.05, 4.69) is 5.32 Å². The van der Waals surface area contributed by atoms with E-state index in [-0.39, 0.29) is 46.9 Å². The van der Waals surface area contributed by atoms with Gasteiger partial charge in [-0.25, -0.2) is 8.42 Å². The lowest BCUT2D eigenvalue weighted by Gasteiger charge is -2.34. The van der Waals surface area contributed by atoms with Gasteiger partial charge in [0.15, 0.2) is 0 Å². The van der Waals surface area contributed by atoms with Gasteiger partial charge in [0.25, 0.3) is 15.7 Å². The molecule has 3 aromatic carbocycles. The minimum atomic E-state index is -4.61. The summed E-state index contributed by atoms with van der Waals surface area (Å²) in [5, 5.41) is 14.6. The van der Waals surface area contributed by atoms with Crippen LogP contribution in [0.15, 0.2) is 71.6 Å². The zero-order chi connectivity index (χ0) is 31.9. The van der Waals surface area contributed by atoms with Crippen LogP contribution in [-0.2, 0) is 26.2 Å². The predicted octanol–water partition coefficient (Wildman–Crippen LogP) is 5.09. The Bertz CT molecular complexity index is 1580. The molecule has 43 heavy (non-hydrogen) atoms. The van der Waals surface area contributed by atoms with Crippen molar-refractivity contribution in [1.82, 2.24) is 10.2 Å². The highest BCUT2D eigenvalue weighted by atomic mass is 35.5. The van der Waals surface area contributed by atoms with E-state index in [1.165, 1.54) is 49.3 Å². The Morgan fingerprint density at radius 1 is 1.07 bits per heavy atom. The van der Waals surface area contributed by atoms with Crippen LogP contribution in [0.5, 0.6) is 5.75 Å². The highest BCUT2D eigenvalue weighted by Gasteiger charge is 2.35. The second-order valence-electron chi connectivity index (χ2n) is 10.1. The first-order valence-corrected chi connectivity index (χ1v) is 15.4. The Labute approximate surface area is 256 Å². The van der Waals surface area contributed by atoms with Crippen molar-refractivity contribution in [3.05, 3.63) is 93.0 Å². The summed E-state index contributed by atoms with van der Waals surface area (Å²) in [5.41, 5.74) is 0.553. The van der Waals surface area contributed by atoms with Crippen LogP contribution in [0.4, 0.5) is 11.4 Å². The van der Waals surface area contributed by atoms with Gasteiger partial charge in [-0.15, -0.1) is 0 Å². The van der Waals surface area contributed by atoms with E-state index in [4.69, 9.17) is 16.3 Å². The molecular weight excluding hydrogens is 596 g/mol. The highest BCUT2D eigenvalue weighted by Crippen LogP contribution is 2.36. The number of halogens is 1. The number of ether oxygens (including phenoxy) is 1. The van der Waals surface area contributed by atoms with Crippen LogP contribution in [-0.4, -0.2) is 55.8 Å². The Morgan fingerprint density at radius 2 is 1.74 bits per heavy atom. The number of carbonyl (C=O) groups is 2. The van der Waals surface area contributed by atoms with Crippen LogP contribution in [0.2, 0.25) is 5.02 Å². The number of anilines is 1. The van der Waals surface area contributed by atoms with Gasteiger partial charge in [0.1, 0.15) is 18.3 Å². The first-order chi connectivity index (χ1) is 20.3. The Hall–Kier alpha value is -4.16. The largest absolute Gasteiger partial charge is 0.495 e. The fourth-order valence-electron chi connectivity index (χ4n) is 4.53. The maximum Gasteiger partial charge on any atom is 0.273 e. The van der Waals surface area contributed by atoms with E-state index in [0.717, 1.165) is 15.9 Å². The van der Waals surface area contributed by atoms with Crippen LogP contribution in [0.1, 0.15) is 38.3 Å². The number of aryl methyl sites for hydroxylation is 1. The molecule has 2 amide bonds. The number of nitro groups is 1. The van der Waals surface area contributed by atoms with Gasteiger partial charge < -0.3 is 15.0 Å². The van der Waals surface area contributed by atoms with E-state index in [9.17, 15) is 28.1 Å². The minimum Gasteiger partial charge on any atom is -0.495 e. The lowest BCUT2D eigenvalue weighted by molar-refractivity contribution is -0.385. The number of sulfonamides is 1. The van der Waals surface area contributed by atoms with Gasteiger partial charge in [-0.2, -0.15) is 0 Å². The Balaban J connectivity index is 2.18. The molecule has 0 unspecified atom stereocenters. The van der Waals surface area contributed by atoms with Crippen molar-refractivity contribution < 1.29 is 27.7 Å². The number of nitrogens with zero attached hydrogens (tertiary/aromatic N) is 3. The van der Waals surface area contributed by atoms with Gasteiger partial charge in [-0.3, -0.25) is 24.0 Å². The summed E-state index contributed by atoms with van der Waals surface area (Å²) in [4.78, 5) is 39.3. The fraction of sp³-hybridized carbons (Fsp3) is 0.333. The molecule has 0 aliphatic heterocycles. The van der Waals surface area contributed by atoms with Gasteiger partial charge in [0, 0.05) is 29.2 Å². The molecule has 230 valence electrons. The topological polar surface area (TPSA) is 139 Å². The van der Waals surface area contributed by atoms with Crippen molar-refractivity contribution in [2.45, 2.75) is 57.6 Å². The van der Waals surface area contributed by atoms with Crippen molar-refractivity contribution in [2.24, 2.45) is 0 Å². The molecule has 0 radical (unpaired) electrons. The highest BCUT2D eigenvalue weighted by molar-refractivity contribution is 7.92. The molecule has 0 aromatic heterocycles. The smallest absolute Gasteiger partial charge is 0.273 e. The van der Waals surface area contributed by atoms with Crippen LogP contribution in [0.25, 0.3) is 0 Å². The molecule has 0 aliphatic carbocycles. The third kappa shape index (κ3) is 8.02. The van der Waals surface area contributed by atoms with Crippen LogP contribution < -0.4 is 14.4 Å². The molecule has 0 heterocycles. The van der Waals surface area contributed by atoms with Crippen LogP contribution in [0, 0.1) is 17.0 Å². The molecular formula is C30H35ClN4O7S. The second kappa shape index (κ2) is 14.3. The number of hydrogen-bond acceptors (Lipinski definition) is 7. The van der Waals surface area contributed by atoms with E-state index < -0.39 is 44.0 Å². The standard InChI is InChI=1S/C30H35ClN4O7S/c1-6-25(30(37)32-20(2)3)33(18-22-10-8-7-9-11-22)29(36)19-34(27-16-23(31)13-15-28(27)42-5)43(40,41)24-14-12-21(4)26(17-24)35(38)39/h7-17,20,25H,6,18-19H2,1-5H3,(H,32,37)/t25-/m1/s1. The molecule has 3 rings (SSSR count). The van der Waals surface area contributed by atoms with E-state index in [1.807, 2.05) is 6.07 Å². The number of amides is 2. The number of methoxy groups -OCH3 is 1. The molecule has 0 bridgehead atoms. The molecule has 3 aromatic rings. The van der Waals surface area contributed by atoms with Gasteiger partial charge in [-0.1, -0.05) is 54.9 Å². The monoisotopic (exact) mass is 630 g/mol. The fourth-order valence-corrected chi connectivity index (χ4v) is 6.13. The zero-order valence-electron chi connectivity index (χ0n) is 24.6. The van der Waals surface area contributed by atoms with Gasteiger partial charge in [0.05, 0.1) is 22.6 Å². The molecule has 0 aliphatic rings. The van der Waals surface area contributed by atoms with E-state index in [1.54, 1.807) is 45.0 Å². The number of hydrogen-bond donors (Lipinski definition) is 1. The Kier molecular flexibility index (Phi) is 11.1. The molecule has 0 spiro atoms. The van der Waals surface area contributed by atoms with E-state index >= 15 is 0 Å². The predicted molar refractivity (Wildman–Crippen MR) is 165 cm³/mol. The summed E-state index contributed by atoms with van der Waals surface area (Å²) in [6.45, 7) is 6.13. The lowest BCUT2D eigenvalue weighted by Crippen LogP contribution is -2.53. The third-order valence-corrected chi connectivity index (χ3v) is 8.66. The average Bonchev–Trinajstić information content (AvgIpc) is 2.95. The summed E-state index contributed by atoms with van der Waals surface area (Å²) < 4.78 is 34.6. The summed E-state index contributed by atoms with van der Waals surface area (Å²) in [6.07, 6.45) is 0.258. The zero-order valence-corrected chi connectivity index (χ0v) is 26.2. The number of nitro benzene ring substituents is 1. The number of benzene rings is 3. The van der Waals surface area contributed by atoms with Crippen molar-refractivity contribution in [1.29, 1.82) is 0 Å². The number of nitrogens with one attached hydrogen (secondary N) is 1. The average molecular weight is 631 g/mol. The van der Waals surface area contributed by atoms with Gasteiger partial charge >= 0.3 is 0 Å². The number of rotatable bonds is 13. The van der Waals surface area contributed by atoms with Crippen LogP contribution in [0.3, 0.4) is 0 Å². The van der Waals surface area contributed by atoms with E-state index in [0.29, 0.717) is 0 Å². The SMILES string of the molecule is CC[C@H](C(=O)NC(C)C)N(Cc1ccccc1)C(=O)CN(c1cc(Cl)ccc1OC)S(=O)(=O)c1ccc(C)c([N+](=O)[O-])c1. The minimum absolute atomic E-state index is 0.0280. The summed E-state index contributed by atoms with van der Waals surface area (Å²) in [7, 11) is -3.27. The number of carbonyl (C=O) groups excluding carboxylic acids is 2. The van der Waals surface area contributed by atoms with Gasteiger partial charge in [-0.05, 0) is 57.0 Å². The van der Waals surface area contributed by atoms with Crippen molar-refractivity contribution in [3.8, 4) is 5.75 Å². The Morgan fingerprint density at radius 3 is 2.33 bits per heavy atom. The summed E-state index contributed by atoms with van der Waals surface area (Å²) in [5.74, 6) is -0.964. The molecule has 0 fully saturated rings. The molecule has 11 nitrogen and oxygen atoms in total. The first-order valence-electron chi connectivity index (χ1n) is 13.5. The molecule has 0 saturated carbocycles. The van der Waals surface area contributed by atoms with Crippen molar-refractivity contribution >= 4 is 44.8 Å². The molecule has 0 saturated heterocycles. The molecule has 1 atom stereocenters. The lowest BCUT2D eigenvalue weighted by atomic mass is 10.1. The van der Waals surface area contributed by atoms with Gasteiger partial charge in [0.2, 0.25) is 11.8 Å². The summed E-state index contributed by atoms with van der Waals surface area (Å²) in [6, 6.07) is 15.7. The maximum absolute atomic E-state index is 14.2. The second-order valence-corrected chi connectivity index (χ2v) is 12.4. The van der Waals surface area contributed by atoms with Crippen LogP contribution >= 0.6 is 11.6 Å². The maximum atomic E-state index is 14.2. The van der Waals surface area contributed by atoms with Crippen molar-refractivity contribution in [2.75, 3.05) is 18.0 Å². The first kappa shape index (κ1) is 33.3. The quantitative estimate of drug-likeness (QED) is 0.205. The third-order valence-electron chi connectivity index (χ3n) is 6.67. The molecule has 13 heteroatoms. The molecule has 1 N–H and O–H groups in total.